The third-order valence-corrected chi connectivity index (χ3v) is 3.79. The first-order valence-electron chi connectivity index (χ1n) is 5.21. The topological polar surface area (TPSA) is 26.3 Å². The summed E-state index contributed by atoms with van der Waals surface area (Å²) in [6.45, 7) is 6.34. The van der Waals surface area contributed by atoms with Crippen LogP contribution in [0, 0.1) is 11.3 Å². The molecule has 0 radical (unpaired) electrons. The monoisotopic (exact) mass is 310 g/mol. The molecule has 0 aromatic carbocycles. The molecule has 0 aromatic rings. The van der Waals surface area contributed by atoms with E-state index in [2.05, 4.69) is 43.4 Å². The molecule has 1 aliphatic heterocycles. The molecule has 0 aromatic heterocycles. The highest BCUT2D eigenvalue weighted by Gasteiger charge is 2.35. The second kappa shape index (κ2) is 4.81. The van der Waals surface area contributed by atoms with Crippen LogP contribution < -0.4 is 0 Å². The van der Waals surface area contributed by atoms with Gasteiger partial charge in [-0.3, -0.25) is 4.79 Å². The van der Waals surface area contributed by atoms with Crippen LogP contribution in [0.5, 0.6) is 0 Å². The number of rotatable bonds is 1. The Balaban J connectivity index is 2.67. The van der Waals surface area contributed by atoms with Crippen molar-refractivity contribution in [3.05, 3.63) is 0 Å². The number of carbonyl (C=O) groups is 1. The Morgan fingerprint density at radius 3 is 2.57 bits per heavy atom. The Kier molecular flexibility index (Phi) is 4.22. The molecule has 0 saturated carbocycles. The van der Waals surface area contributed by atoms with E-state index in [1.54, 1.807) is 0 Å². The van der Waals surface area contributed by atoms with Gasteiger partial charge in [0.05, 0.1) is 5.92 Å². The zero-order chi connectivity index (χ0) is 10.8. The molecule has 0 spiro atoms. The van der Waals surface area contributed by atoms with Crippen LogP contribution in [0.15, 0.2) is 0 Å². The largest absolute Gasteiger partial charge is 0.461 e. The molecule has 1 heterocycles. The average molecular weight is 310 g/mol. The number of cyclic esters (lactones) is 1. The lowest BCUT2D eigenvalue weighted by Crippen LogP contribution is -2.30. The van der Waals surface area contributed by atoms with E-state index in [0.717, 1.165) is 23.7 Å². The van der Waals surface area contributed by atoms with Crippen molar-refractivity contribution in [2.75, 3.05) is 4.43 Å². The third-order valence-electron chi connectivity index (χ3n) is 2.80. The second-order valence-corrected chi connectivity index (χ2v) is 5.94. The van der Waals surface area contributed by atoms with Gasteiger partial charge in [-0.15, -0.1) is 0 Å². The zero-order valence-electron chi connectivity index (χ0n) is 9.18. The van der Waals surface area contributed by atoms with Crippen LogP contribution >= 0.6 is 22.6 Å². The molecule has 82 valence electrons. The molecule has 1 rings (SSSR count). The first-order valence-corrected chi connectivity index (χ1v) is 6.74. The summed E-state index contributed by atoms with van der Waals surface area (Å²) >= 11 is 2.28. The first kappa shape index (κ1) is 12.3. The predicted molar refractivity (Wildman–Crippen MR) is 65.6 cm³/mol. The molecular weight excluding hydrogens is 291 g/mol. The number of hydrogen-bond acceptors (Lipinski definition) is 2. The molecule has 0 aliphatic carbocycles. The van der Waals surface area contributed by atoms with Crippen LogP contribution in [-0.4, -0.2) is 16.5 Å². The van der Waals surface area contributed by atoms with E-state index in [4.69, 9.17) is 4.74 Å². The smallest absolute Gasteiger partial charge is 0.309 e. The lowest BCUT2D eigenvalue weighted by molar-refractivity contribution is -0.155. The molecule has 14 heavy (non-hydrogen) atoms. The maximum Gasteiger partial charge on any atom is 0.309 e. The van der Waals surface area contributed by atoms with E-state index in [0.29, 0.717) is 0 Å². The Hall–Kier alpha value is 0.200. The fourth-order valence-electron chi connectivity index (χ4n) is 1.87. The van der Waals surface area contributed by atoms with Gasteiger partial charge in [-0.05, 0) is 24.7 Å². The maximum atomic E-state index is 11.8. The highest BCUT2D eigenvalue weighted by atomic mass is 127. The van der Waals surface area contributed by atoms with Crippen molar-refractivity contribution >= 4 is 28.6 Å². The Bertz CT molecular complexity index is 208. The summed E-state index contributed by atoms with van der Waals surface area (Å²) in [5.74, 6) is 0.0899. The van der Waals surface area contributed by atoms with E-state index < -0.39 is 0 Å². The van der Waals surface area contributed by atoms with Crippen molar-refractivity contribution in [3.63, 3.8) is 0 Å². The lowest BCUT2D eigenvalue weighted by atomic mass is 9.78. The second-order valence-electron chi connectivity index (χ2n) is 5.06. The van der Waals surface area contributed by atoms with Crippen molar-refractivity contribution < 1.29 is 9.53 Å². The molecule has 1 saturated heterocycles. The fourth-order valence-corrected chi connectivity index (χ4v) is 2.49. The summed E-state index contributed by atoms with van der Waals surface area (Å²) in [5, 5.41) is 0. The van der Waals surface area contributed by atoms with Gasteiger partial charge in [-0.2, -0.15) is 0 Å². The highest BCUT2D eigenvalue weighted by Crippen LogP contribution is 2.34. The highest BCUT2D eigenvalue weighted by molar-refractivity contribution is 14.1. The van der Waals surface area contributed by atoms with Gasteiger partial charge in [-0.25, -0.2) is 0 Å². The van der Waals surface area contributed by atoms with Gasteiger partial charge in [0.25, 0.3) is 0 Å². The van der Waals surface area contributed by atoms with Crippen molar-refractivity contribution in [2.24, 2.45) is 11.3 Å². The summed E-state index contributed by atoms with van der Waals surface area (Å²) in [6, 6.07) is 0. The molecule has 0 amide bonds. The molecule has 2 atom stereocenters. The molecular formula is C11H19IO2. The van der Waals surface area contributed by atoms with E-state index >= 15 is 0 Å². The quantitative estimate of drug-likeness (QED) is 0.422. The van der Waals surface area contributed by atoms with Gasteiger partial charge in [-0.1, -0.05) is 43.4 Å². The molecule has 3 heteroatoms. The Labute approximate surface area is 99.9 Å². The van der Waals surface area contributed by atoms with E-state index in [9.17, 15) is 4.79 Å². The van der Waals surface area contributed by atoms with Crippen LogP contribution in [0.25, 0.3) is 0 Å². The fraction of sp³-hybridized carbons (Fsp3) is 0.909. The molecule has 1 aliphatic rings. The van der Waals surface area contributed by atoms with Gasteiger partial charge in [0.1, 0.15) is 6.10 Å². The molecule has 0 unspecified atom stereocenters. The van der Waals surface area contributed by atoms with Crippen LogP contribution in [0.1, 0.15) is 40.0 Å². The predicted octanol–water partition coefficient (Wildman–Crippen LogP) is 3.18. The summed E-state index contributed by atoms with van der Waals surface area (Å²) in [4.78, 5) is 11.8. The van der Waals surface area contributed by atoms with Gasteiger partial charge in [0.15, 0.2) is 0 Å². The van der Waals surface area contributed by atoms with Gasteiger partial charge >= 0.3 is 5.97 Å². The number of halogens is 1. The van der Waals surface area contributed by atoms with Gasteiger partial charge in [0.2, 0.25) is 0 Å². The first-order chi connectivity index (χ1) is 6.45. The molecule has 0 N–H and O–H groups in total. The van der Waals surface area contributed by atoms with Crippen LogP contribution in [-0.2, 0) is 9.53 Å². The van der Waals surface area contributed by atoms with E-state index in [1.165, 1.54) is 0 Å². The Morgan fingerprint density at radius 1 is 1.43 bits per heavy atom. The molecule has 2 nitrogen and oxygen atoms in total. The normalized spacial score (nSPS) is 29.6. The standard InChI is InChI=1S/C11H19IO2/c1-11(2,3)9-6-4-5-8(7-12)14-10(9)13/h8-9H,4-7H2,1-3H3/t8-,9+/m1/s1. The number of esters is 1. The number of alkyl halides is 1. The average Bonchev–Trinajstić information content (AvgIpc) is 2.25. The molecule has 0 bridgehead atoms. The van der Waals surface area contributed by atoms with Crippen molar-refractivity contribution in [1.82, 2.24) is 0 Å². The Morgan fingerprint density at radius 2 is 2.07 bits per heavy atom. The minimum Gasteiger partial charge on any atom is -0.461 e. The van der Waals surface area contributed by atoms with E-state index in [1.807, 2.05) is 0 Å². The van der Waals surface area contributed by atoms with E-state index in [-0.39, 0.29) is 23.4 Å². The van der Waals surface area contributed by atoms with Crippen LogP contribution in [0.3, 0.4) is 0 Å². The zero-order valence-corrected chi connectivity index (χ0v) is 11.3. The number of carbonyl (C=O) groups excluding carboxylic acids is 1. The van der Waals surface area contributed by atoms with Crippen LogP contribution in [0.4, 0.5) is 0 Å². The summed E-state index contributed by atoms with van der Waals surface area (Å²) in [7, 11) is 0. The number of hydrogen-bond donors (Lipinski definition) is 0. The lowest BCUT2D eigenvalue weighted by Gasteiger charge is -2.27. The van der Waals surface area contributed by atoms with Crippen LogP contribution in [0.2, 0.25) is 0 Å². The summed E-state index contributed by atoms with van der Waals surface area (Å²) in [5.41, 5.74) is 0.0389. The van der Waals surface area contributed by atoms with Crippen molar-refractivity contribution in [2.45, 2.75) is 46.1 Å². The van der Waals surface area contributed by atoms with Gasteiger partial charge < -0.3 is 4.74 Å². The minimum atomic E-state index is 0.0108. The minimum absolute atomic E-state index is 0.0108. The van der Waals surface area contributed by atoms with Crippen molar-refractivity contribution in [3.8, 4) is 0 Å². The SMILES string of the molecule is CC(C)(C)[C@H]1CCC[C@H](CI)OC1=O. The van der Waals surface area contributed by atoms with Crippen molar-refractivity contribution in [1.29, 1.82) is 0 Å². The third kappa shape index (κ3) is 3.11. The number of ether oxygens (including phenoxy) is 1. The van der Waals surface area contributed by atoms with Gasteiger partial charge in [0, 0.05) is 4.43 Å². The maximum absolute atomic E-state index is 11.8. The molecule has 1 fully saturated rings. The summed E-state index contributed by atoms with van der Waals surface area (Å²) in [6.07, 6.45) is 3.27. The summed E-state index contributed by atoms with van der Waals surface area (Å²) < 4.78 is 6.37.